The summed E-state index contributed by atoms with van der Waals surface area (Å²) in [5, 5.41) is 0.746. The quantitative estimate of drug-likeness (QED) is 0.722. The van der Waals surface area contributed by atoms with E-state index in [1.54, 1.807) is 43.5 Å². The number of benzene rings is 2. The Hall–Kier alpha value is -2.71. The smallest absolute Gasteiger partial charge is 0.230 e. The molecule has 8 heteroatoms. The lowest BCUT2D eigenvalue weighted by Crippen LogP contribution is -2.01. The van der Waals surface area contributed by atoms with Crippen LogP contribution in [0, 0.1) is 0 Å². The van der Waals surface area contributed by atoms with E-state index in [-0.39, 0.29) is 0 Å². The fraction of sp³-hybridized carbons (Fsp3) is 0.0667. The van der Waals surface area contributed by atoms with E-state index in [1.807, 2.05) is 6.07 Å². The lowest BCUT2D eigenvalue weighted by atomic mass is 10.2. The van der Waals surface area contributed by atoms with E-state index in [1.165, 1.54) is 6.33 Å². The molecule has 1 N–H and O–H groups in total. The van der Waals surface area contributed by atoms with Gasteiger partial charge in [-0.05, 0) is 36.4 Å². The number of hydrogen-bond acceptors (Lipinski definition) is 6. The number of nitrogens with zero attached hydrogens (tertiary/aromatic N) is 2. The number of fused-ring (bicyclic) bond motifs is 1. The Morgan fingerprint density at radius 3 is 2.52 bits per heavy atom. The topological polar surface area (TPSA) is 96.4 Å². The highest BCUT2D eigenvalue weighted by molar-refractivity contribution is 7.80. The molecule has 118 valence electrons. The summed E-state index contributed by atoms with van der Waals surface area (Å²) in [6, 6.07) is 11.9. The number of aromatic nitrogens is 2. The summed E-state index contributed by atoms with van der Waals surface area (Å²) in [6.07, 6.45) is 1.41. The molecule has 7 nitrogen and oxygen atoms in total. The molecule has 1 heterocycles. The molecular weight excluding hydrogens is 318 g/mol. The van der Waals surface area contributed by atoms with Crippen molar-refractivity contribution in [3.63, 3.8) is 0 Å². The first kappa shape index (κ1) is 15.2. The van der Waals surface area contributed by atoms with Crippen LogP contribution in [0.1, 0.15) is 0 Å². The fourth-order valence-corrected chi connectivity index (χ4v) is 2.35. The average molecular weight is 330 g/mol. The minimum atomic E-state index is -2.36. The summed E-state index contributed by atoms with van der Waals surface area (Å²) >= 11 is -2.36. The summed E-state index contributed by atoms with van der Waals surface area (Å²) in [7, 11) is 1.59. The van der Waals surface area contributed by atoms with Gasteiger partial charge in [-0.25, -0.2) is 9.97 Å². The summed E-state index contributed by atoms with van der Waals surface area (Å²) in [4.78, 5) is 8.33. The molecule has 0 saturated carbocycles. The van der Waals surface area contributed by atoms with E-state index in [4.69, 9.17) is 9.47 Å². The maximum absolute atomic E-state index is 10.6. The van der Waals surface area contributed by atoms with Crippen molar-refractivity contribution >= 4 is 27.9 Å². The lowest BCUT2D eigenvalue weighted by molar-refractivity contribution is 0.415. The van der Waals surface area contributed by atoms with Gasteiger partial charge in [-0.1, -0.05) is 0 Å². The number of nitrogens with one attached hydrogen (secondary N) is 1. The zero-order valence-corrected chi connectivity index (χ0v) is 12.9. The molecule has 3 aromatic rings. The zero-order chi connectivity index (χ0) is 16.2. The van der Waals surface area contributed by atoms with Crippen LogP contribution in [-0.2, 0) is 11.3 Å². The van der Waals surface area contributed by atoms with Gasteiger partial charge in [-0.2, -0.15) is 0 Å². The first-order valence-electron chi connectivity index (χ1n) is 6.58. The maximum atomic E-state index is 10.6. The normalized spacial score (nSPS) is 11.9. The van der Waals surface area contributed by atoms with Crippen molar-refractivity contribution in [2.45, 2.75) is 0 Å². The second-order valence-corrected chi connectivity index (χ2v) is 5.20. The van der Waals surface area contributed by atoms with Crippen LogP contribution >= 0.6 is 0 Å². The molecule has 0 amide bonds. The summed E-state index contributed by atoms with van der Waals surface area (Å²) in [6.45, 7) is 0. The largest absolute Gasteiger partial charge is 0.755 e. The molecule has 0 fully saturated rings. The van der Waals surface area contributed by atoms with Gasteiger partial charge in [0.15, 0.2) is 0 Å². The Morgan fingerprint density at radius 1 is 1.09 bits per heavy atom. The van der Waals surface area contributed by atoms with Crippen LogP contribution in [0.3, 0.4) is 0 Å². The Bertz CT molecular complexity index is 855. The van der Waals surface area contributed by atoms with Crippen LogP contribution in [0.25, 0.3) is 10.9 Å². The molecule has 2 aromatic carbocycles. The van der Waals surface area contributed by atoms with Crippen LogP contribution in [0.5, 0.6) is 17.4 Å². The summed E-state index contributed by atoms with van der Waals surface area (Å²) < 4.78 is 34.3. The van der Waals surface area contributed by atoms with Crippen molar-refractivity contribution in [3.8, 4) is 17.4 Å². The third-order valence-electron chi connectivity index (χ3n) is 3.08. The summed E-state index contributed by atoms with van der Waals surface area (Å²) in [5.74, 6) is 1.64. The second kappa shape index (κ2) is 6.59. The highest BCUT2D eigenvalue weighted by Gasteiger charge is 2.07. The first-order chi connectivity index (χ1) is 11.2. The van der Waals surface area contributed by atoms with Crippen LogP contribution in [0.4, 0.5) is 5.69 Å². The SMILES string of the molecule is COc1ccc2c(Oc3ccc(NS(=O)[O-])cc3)ncnc2c1. The van der Waals surface area contributed by atoms with Gasteiger partial charge in [0.2, 0.25) is 5.88 Å². The molecule has 0 spiro atoms. The first-order valence-corrected chi connectivity index (χ1v) is 7.66. The lowest BCUT2D eigenvalue weighted by Gasteiger charge is -2.10. The van der Waals surface area contributed by atoms with Gasteiger partial charge < -0.3 is 18.7 Å². The van der Waals surface area contributed by atoms with Crippen LogP contribution in [0.2, 0.25) is 0 Å². The van der Waals surface area contributed by atoms with E-state index in [0.717, 1.165) is 5.39 Å². The third-order valence-corrected chi connectivity index (χ3v) is 3.48. The Balaban J connectivity index is 1.87. The van der Waals surface area contributed by atoms with Crippen molar-refractivity contribution in [1.82, 2.24) is 9.97 Å². The van der Waals surface area contributed by atoms with E-state index >= 15 is 0 Å². The van der Waals surface area contributed by atoms with Gasteiger partial charge in [0.05, 0.1) is 18.0 Å². The highest BCUT2D eigenvalue weighted by atomic mass is 32.2. The van der Waals surface area contributed by atoms with E-state index in [2.05, 4.69) is 14.7 Å². The van der Waals surface area contributed by atoms with Crippen molar-refractivity contribution in [2.24, 2.45) is 0 Å². The minimum Gasteiger partial charge on any atom is -0.755 e. The molecule has 0 aliphatic heterocycles. The van der Waals surface area contributed by atoms with Gasteiger partial charge in [-0.3, -0.25) is 4.21 Å². The summed E-state index contributed by atoms with van der Waals surface area (Å²) in [5.41, 5.74) is 1.15. The van der Waals surface area contributed by atoms with Crippen molar-refractivity contribution in [3.05, 3.63) is 48.8 Å². The van der Waals surface area contributed by atoms with Crippen LogP contribution in [-0.4, -0.2) is 25.8 Å². The zero-order valence-electron chi connectivity index (χ0n) is 12.1. The number of anilines is 1. The molecule has 0 radical (unpaired) electrons. The number of hydrogen-bond donors (Lipinski definition) is 1. The van der Waals surface area contributed by atoms with Gasteiger partial charge >= 0.3 is 0 Å². The molecular formula is C15H12N3O4S-. The molecule has 23 heavy (non-hydrogen) atoms. The number of ether oxygens (including phenoxy) is 2. The van der Waals surface area contributed by atoms with Crippen molar-refractivity contribution in [1.29, 1.82) is 0 Å². The van der Waals surface area contributed by atoms with Gasteiger partial charge in [0.1, 0.15) is 17.8 Å². The molecule has 1 unspecified atom stereocenters. The van der Waals surface area contributed by atoms with E-state index in [9.17, 15) is 8.76 Å². The Labute approximate surface area is 134 Å². The minimum absolute atomic E-state index is 0.408. The molecule has 0 aliphatic carbocycles. The average Bonchev–Trinajstić information content (AvgIpc) is 2.56. The molecule has 3 rings (SSSR count). The number of methoxy groups -OCH3 is 1. The molecule has 0 aliphatic rings. The molecule has 0 saturated heterocycles. The van der Waals surface area contributed by atoms with Gasteiger partial charge in [0.25, 0.3) is 0 Å². The maximum Gasteiger partial charge on any atom is 0.230 e. The van der Waals surface area contributed by atoms with E-state index in [0.29, 0.717) is 28.6 Å². The molecule has 1 atom stereocenters. The van der Waals surface area contributed by atoms with E-state index < -0.39 is 11.3 Å². The monoisotopic (exact) mass is 330 g/mol. The molecule has 0 bridgehead atoms. The number of rotatable bonds is 5. The molecule has 1 aromatic heterocycles. The highest BCUT2D eigenvalue weighted by Crippen LogP contribution is 2.29. The van der Waals surface area contributed by atoms with Crippen LogP contribution in [0.15, 0.2) is 48.8 Å². The second-order valence-electron chi connectivity index (χ2n) is 4.53. The predicted molar refractivity (Wildman–Crippen MR) is 85.1 cm³/mol. The Kier molecular flexibility index (Phi) is 4.35. The fourth-order valence-electron chi connectivity index (χ4n) is 2.02. The van der Waals surface area contributed by atoms with Gasteiger partial charge in [-0.15, -0.1) is 0 Å². The predicted octanol–water partition coefficient (Wildman–Crippen LogP) is 2.64. The van der Waals surface area contributed by atoms with Crippen molar-refractivity contribution < 1.29 is 18.2 Å². The third kappa shape index (κ3) is 3.55. The Morgan fingerprint density at radius 2 is 1.83 bits per heavy atom. The van der Waals surface area contributed by atoms with Crippen LogP contribution < -0.4 is 14.2 Å². The standard InChI is InChI=1S/C15H13N3O4S/c1-21-12-6-7-13-14(8-12)16-9-17-15(13)22-11-4-2-10(3-5-11)18-23(19)20/h2-9,18H,1H3,(H,19,20)/p-1. The van der Waals surface area contributed by atoms with Gasteiger partial charge in [0, 0.05) is 23.0 Å². The van der Waals surface area contributed by atoms with Crippen molar-refractivity contribution in [2.75, 3.05) is 11.8 Å².